The van der Waals surface area contributed by atoms with Gasteiger partial charge in [-0.15, -0.1) is 0 Å². The lowest BCUT2D eigenvalue weighted by molar-refractivity contribution is 0.566. The largest absolute Gasteiger partial charge is 0.239 e. The van der Waals surface area contributed by atoms with E-state index in [1.807, 2.05) is 0 Å². The lowest BCUT2D eigenvalue weighted by atomic mass is 11.3. The molecule has 1 atom stereocenters. The van der Waals surface area contributed by atoms with E-state index in [4.69, 9.17) is 11.8 Å². The van der Waals surface area contributed by atoms with Gasteiger partial charge >= 0.3 is 0 Å². The average Bonchev–Trinajstić information content (AvgIpc) is 1.67. The van der Waals surface area contributed by atoms with E-state index in [1.54, 1.807) is 6.66 Å². The first-order valence-corrected chi connectivity index (χ1v) is 5.20. The Morgan fingerprint density at radius 1 is 2.00 bits per heavy atom. The normalized spacial score (nSPS) is 15.6. The zero-order valence-electron chi connectivity index (χ0n) is 4.50. The molecule has 0 aliphatic carbocycles. The SMILES string of the molecule is C=CP(C)(=S)N=C=O. The molecule has 0 spiro atoms. The summed E-state index contributed by atoms with van der Waals surface area (Å²) in [5.41, 5.74) is 0. The van der Waals surface area contributed by atoms with E-state index in [0.29, 0.717) is 0 Å². The first-order chi connectivity index (χ1) is 3.62. The average molecular weight is 147 g/mol. The quantitative estimate of drug-likeness (QED) is 0.336. The molecular weight excluding hydrogens is 141 g/mol. The second kappa shape index (κ2) is 2.93. The Labute approximate surface area is 53.4 Å². The number of isocyanates is 1. The molecule has 0 bridgehead atoms. The first kappa shape index (κ1) is 7.77. The summed E-state index contributed by atoms with van der Waals surface area (Å²) in [6, 6.07) is 0. The highest BCUT2D eigenvalue weighted by atomic mass is 32.4. The summed E-state index contributed by atoms with van der Waals surface area (Å²) in [4.78, 5) is 9.60. The highest BCUT2D eigenvalue weighted by Gasteiger charge is 1.97. The minimum Gasteiger partial charge on any atom is -0.211 e. The van der Waals surface area contributed by atoms with Gasteiger partial charge in [-0.3, -0.25) is 0 Å². The molecule has 2 nitrogen and oxygen atoms in total. The van der Waals surface area contributed by atoms with E-state index in [9.17, 15) is 4.79 Å². The number of nitrogens with zero attached hydrogens (tertiary/aromatic N) is 1. The van der Waals surface area contributed by atoms with Crippen molar-refractivity contribution in [1.29, 1.82) is 0 Å². The van der Waals surface area contributed by atoms with Crippen LogP contribution in [0.3, 0.4) is 0 Å². The van der Waals surface area contributed by atoms with Crippen LogP contribution in [0.5, 0.6) is 0 Å². The van der Waals surface area contributed by atoms with Gasteiger partial charge in [-0.1, -0.05) is 18.4 Å². The molecule has 0 aromatic rings. The Bertz CT molecular complexity index is 182. The van der Waals surface area contributed by atoms with Crippen LogP contribution in [0, 0.1) is 0 Å². The Morgan fingerprint density at radius 2 is 2.50 bits per heavy atom. The molecule has 0 radical (unpaired) electrons. The van der Waals surface area contributed by atoms with Gasteiger partial charge < -0.3 is 0 Å². The molecule has 0 fully saturated rings. The summed E-state index contributed by atoms with van der Waals surface area (Å²) >= 11 is 4.81. The van der Waals surface area contributed by atoms with Gasteiger partial charge in [0.2, 0.25) is 6.08 Å². The molecular formula is C4H6NOPS. The van der Waals surface area contributed by atoms with Crippen molar-refractivity contribution in [1.82, 2.24) is 0 Å². The lowest BCUT2D eigenvalue weighted by Crippen LogP contribution is -1.61. The third-order valence-corrected chi connectivity index (χ3v) is 2.43. The maximum atomic E-state index is 9.60. The van der Waals surface area contributed by atoms with Gasteiger partial charge in [-0.25, -0.2) is 4.79 Å². The summed E-state index contributed by atoms with van der Waals surface area (Å²) in [7, 11) is 0. The summed E-state index contributed by atoms with van der Waals surface area (Å²) < 4.78 is 3.38. The molecule has 44 valence electrons. The standard InChI is InChI=1S/C4H6NOPS/c1-3-7(2,8)5-4-6/h3H,1H2,2H3. The molecule has 0 aliphatic heterocycles. The van der Waals surface area contributed by atoms with Crippen LogP contribution in [0.1, 0.15) is 0 Å². The van der Waals surface area contributed by atoms with Crippen molar-refractivity contribution in [2.75, 3.05) is 6.66 Å². The fraction of sp³-hybridized carbons (Fsp3) is 0.250. The number of carbonyl (C=O) groups excluding carboxylic acids is 1. The fourth-order valence-electron chi connectivity index (χ4n) is 0.122. The number of hydrogen-bond donors (Lipinski definition) is 0. The fourth-order valence-corrected chi connectivity index (χ4v) is 0.466. The molecule has 0 saturated heterocycles. The Kier molecular flexibility index (Phi) is 2.85. The highest BCUT2D eigenvalue weighted by molar-refractivity contribution is 8.15. The van der Waals surface area contributed by atoms with Crippen LogP contribution in [0.4, 0.5) is 0 Å². The number of hydrogen-bond acceptors (Lipinski definition) is 2. The minimum absolute atomic E-state index is 1.41. The predicted molar refractivity (Wildman–Crippen MR) is 38.5 cm³/mol. The summed E-state index contributed by atoms with van der Waals surface area (Å²) in [6.45, 7) is 5.13. The van der Waals surface area contributed by atoms with Crippen molar-refractivity contribution in [3.8, 4) is 0 Å². The molecule has 0 rings (SSSR count). The molecule has 0 amide bonds. The molecule has 0 saturated carbocycles. The summed E-state index contributed by atoms with van der Waals surface area (Å²) in [6.07, 6.45) is -0.467. The van der Waals surface area contributed by atoms with E-state index >= 15 is 0 Å². The lowest BCUT2D eigenvalue weighted by Gasteiger charge is -1.95. The van der Waals surface area contributed by atoms with Gasteiger partial charge in [-0.2, -0.15) is 4.76 Å². The maximum absolute atomic E-state index is 9.60. The smallest absolute Gasteiger partial charge is 0.211 e. The van der Waals surface area contributed by atoms with Crippen LogP contribution in [-0.2, 0) is 16.6 Å². The maximum Gasteiger partial charge on any atom is 0.239 e. The summed E-state index contributed by atoms with van der Waals surface area (Å²) in [5, 5.41) is 0. The monoisotopic (exact) mass is 147 g/mol. The second-order valence-corrected chi connectivity index (χ2v) is 5.99. The van der Waals surface area contributed by atoms with Crippen molar-refractivity contribution in [3.63, 3.8) is 0 Å². The van der Waals surface area contributed by atoms with Gasteiger partial charge in [-0.05, 0) is 12.5 Å². The van der Waals surface area contributed by atoms with E-state index in [1.165, 1.54) is 11.9 Å². The van der Waals surface area contributed by atoms with Crippen molar-refractivity contribution >= 4 is 24.1 Å². The van der Waals surface area contributed by atoms with E-state index in [0.717, 1.165) is 0 Å². The zero-order chi connectivity index (χ0) is 6.62. The van der Waals surface area contributed by atoms with Crippen LogP contribution < -0.4 is 0 Å². The molecule has 0 aliphatic rings. The van der Waals surface area contributed by atoms with Crippen molar-refractivity contribution in [3.05, 3.63) is 12.4 Å². The van der Waals surface area contributed by atoms with Crippen LogP contribution in [-0.4, -0.2) is 12.7 Å². The molecule has 0 heterocycles. The van der Waals surface area contributed by atoms with E-state index < -0.39 is 6.19 Å². The van der Waals surface area contributed by atoms with Gasteiger partial charge in [0, 0.05) is 0 Å². The van der Waals surface area contributed by atoms with E-state index in [-0.39, 0.29) is 0 Å². The molecule has 8 heavy (non-hydrogen) atoms. The number of rotatable bonds is 2. The Balaban J connectivity index is 4.38. The third-order valence-electron chi connectivity index (χ3n) is 0.578. The third kappa shape index (κ3) is 2.86. The molecule has 0 aromatic carbocycles. The van der Waals surface area contributed by atoms with Crippen molar-refractivity contribution in [2.45, 2.75) is 0 Å². The van der Waals surface area contributed by atoms with E-state index in [2.05, 4.69) is 11.3 Å². The van der Waals surface area contributed by atoms with Crippen LogP contribution in [0.25, 0.3) is 0 Å². The highest BCUT2D eigenvalue weighted by Crippen LogP contribution is 2.43. The first-order valence-electron chi connectivity index (χ1n) is 1.92. The zero-order valence-corrected chi connectivity index (χ0v) is 6.21. The topological polar surface area (TPSA) is 29.4 Å². The minimum atomic E-state index is -1.87. The summed E-state index contributed by atoms with van der Waals surface area (Å²) in [5.74, 6) is 1.52. The van der Waals surface area contributed by atoms with Crippen LogP contribution in [0.15, 0.2) is 17.2 Å². The Morgan fingerprint density at radius 3 is 2.62 bits per heavy atom. The predicted octanol–water partition coefficient (Wildman–Crippen LogP) is 1.49. The molecule has 0 aromatic heterocycles. The van der Waals surface area contributed by atoms with Crippen molar-refractivity contribution < 1.29 is 4.79 Å². The van der Waals surface area contributed by atoms with Crippen LogP contribution >= 0.6 is 6.19 Å². The second-order valence-electron chi connectivity index (χ2n) is 1.32. The van der Waals surface area contributed by atoms with Gasteiger partial charge in [0.15, 0.2) is 0 Å². The molecule has 1 unspecified atom stereocenters. The Hall–Kier alpha value is -0.230. The molecule has 0 N–H and O–H groups in total. The van der Waals surface area contributed by atoms with Gasteiger partial charge in [0.25, 0.3) is 0 Å². The van der Waals surface area contributed by atoms with Crippen molar-refractivity contribution in [2.24, 2.45) is 4.76 Å². The van der Waals surface area contributed by atoms with Gasteiger partial charge in [0.05, 0.1) is 6.19 Å². The molecule has 4 heteroatoms. The van der Waals surface area contributed by atoms with Gasteiger partial charge in [0.1, 0.15) is 0 Å². The van der Waals surface area contributed by atoms with Crippen LogP contribution in [0.2, 0.25) is 0 Å².